The highest BCUT2D eigenvalue weighted by atomic mass is 32.2. The summed E-state index contributed by atoms with van der Waals surface area (Å²) in [5.41, 5.74) is 0.561. The third-order valence-electron chi connectivity index (χ3n) is 6.94. The minimum atomic E-state index is -3.61. The predicted octanol–water partition coefficient (Wildman–Crippen LogP) is 2.56. The van der Waals surface area contributed by atoms with Gasteiger partial charge in [-0.25, -0.2) is 12.7 Å². The molecule has 2 saturated carbocycles. The quantitative estimate of drug-likeness (QED) is 0.598. The number of carbonyl (C=O) groups is 1. The number of hydrogen-bond acceptors (Lipinski definition) is 5. The maximum absolute atomic E-state index is 12.7. The molecule has 0 radical (unpaired) electrons. The summed E-state index contributed by atoms with van der Waals surface area (Å²) >= 11 is 0. The number of rotatable bonds is 4. The Balaban J connectivity index is 1.49. The van der Waals surface area contributed by atoms with Gasteiger partial charge in [-0.1, -0.05) is 49.3 Å². The largest absolute Gasteiger partial charge is 0.391 e. The lowest BCUT2D eigenvalue weighted by Gasteiger charge is -2.36. The molecule has 3 atom stereocenters. The fraction of sp³-hybridized carbons (Fsp3) is 0.579. The Morgan fingerprint density at radius 1 is 1.35 bits per heavy atom. The highest BCUT2D eigenvalue weighted by molar-refractivity contribution is 7.90. The molecule has 1 heterocycles. The average molecular weight is 376 g/mol. The number of carbonyl (C=O) groups excluding carboxylic acids is 1. The molecule has 1 aliphatic heterocycles. The molecule has 1 spiro atoms. The van der Waals surface area contributed by atoms with Gasteiger partial charge >= 0.3 is 0 Å². The summed E-state index contributed by atoms with van der Waals surface area (Å²) in [5.74, 6) is -0.0497. The topological polar surface area (TPSA) is 76.0 Å². The van der Waals surface area contributed by atoms with E-state index in [1.807, 2.05) is 30.3 Å². The SMILES string of the molecule is CC1(C)[C@H]2CC[C@@]13CS(=O)(=O)N(C(=O)/C=N/OCc1ccccc1)[C@@H]3C2. The van der Waals surface area contributed by atoms with Crippen LogP contribution in [-0.2, 0) is 26.3 Å². The van der Waals surface area contributed by atoms with Crippen molar-refractivity contribution < 1.29 is 18.0 Å². The van der Waals surface area contributed by atoms with Gasteiger partial charge in [-0.15, -0.1) is 0 Å². The second-order valence-electron chi connectivity index (χ2n) is 8.25. The minimum Gasteiger partial charge on any atom is -0.391 e. The van der Waals surface area contributed by atoms with E-state index in [2.05, 4.69) is 19.0 Å². The van der Waals surface area contributed by atoms with Gasteiger partial charge in [0, 0.05) is 5.41 Å². The first-order valence-corrected chi connectivity index (χ1v) is 10.6. The second kappa shape index (κ2) is 5.81. The first kappa shape index (κ1) is 17.5. The van der Waals surface area contributed by atoms with Crippen molar-refractivity contribution in [2.24, 2.45) is 21.9 Å². The highest BCUT2D eigenvalue weighted by Gasteiger charge is 2.72. The van der Waals surface area contributed by atoms with Crippen LogP contribution < -0.4 is 0 Å². The van der Waals surface area contributed by atoms with E-state index in [1.54, 1.807) is 0 Å². The van der Waals surface area contributed by atoms with Gasteiger partial charge in [0.1, 0.15) is 12.8 Å². The Bertz CT molecular complexity index is 850. The third-order valence-corrected chi connectivity index (χ3v) is 8.85. The van der Waals surface area contributed by atoms with Gasteiger partial charge in [0.05, 0.1) is 11.8 Å². The van der Waals surface area contributed by atoms with Crippen molar-refractivity contribution in [1.29, 1.82) is 0 Å². The summed E-state index contributed by atoms with van der Waals surface area (Å²) in [6.07, 6.45) is 3.69. The first-order chi connectivity index (χ1) is 12.3. The molecule has 1 aromatic carbocycles. The maximum Gasteiger partial charge on any atom is 0.282 e. The maximum atomic E-state index is 12.7. The van der Waals surface area contributed by atoms with Crippen LogP contribution in [0.25, 0.3) is 0 Å². The standard InChI is InChI=1S/C19H24N2O4S/c1-18(2)15-8-9-19(18)13-26(23,24)21(16(19)10-15)17(22)11-20-25-12-14-6-4-3-5-7-14/h3-7,11,15-16H,8-10,12-13H2,1-2H3/b20-11+/t15-,16+,19-/m0/s1. The number of fused-ring (bicyclic) bond motifs is 1. The monoisotopic (exact) mass is 376 g/mol. The van der Waals surface area contributed by atoms with Crippen molar-refractivity contribution in [3.05, 3.63) is 35.9 Å². The van der Waals surface area contributed by atoms with E-state index in [4.69, 9.17) is 4.84 Å². The Kier molecular flexibility index (Phi) is 3.91. The summed E-state index contributed by atoms with van der Waals surface area (Å²) in [6, 6.07) is 9.23. The average Bonchev–Trinajstić information content (AvgIpc) is 3.07. The highest BCUT2D eigenvalue weighted by Crippen LogP contribution is 2.69. The molecule has 0 unspecified atom stereocenters. The molecule has 3 aliphatic rings. The fourth-order valence-corrected chi connectivity index (χ4v) is 7.90. The minimum absolute atomic E-state index is 0.0548. The molecule has 3 fully saturated rings. The van der Waals surface area contributed by atoms with E-state index in [9.17, 15) is 13.2 Å². The first-order valence-electron chi connectivity index (χ1n) is 9.03. The molecule has 7 heteroatoms. The molecule has 4 rings (SSSR count). The second-order valence-corrected chi connectivity index (χ2v) is 10.1. The van der Waals surface area contributed by atoms with Gasteiger partial charge in [-0.3, -0.25) is 4.79 Å². The predicted molar refractivity (Wildman–Crippen MR) is 97.7 cm³/mol. The summed E-state index contributed by atoms with van der Waals surface area (Å²) in [4.78, 5) is 17.8. The van der Waals surface area contributed by atoms with E-state index in [0.717, 1.165) is 35.3 Å². The van der Waals surface area contributed by atoms with Crippen LogP contribution in [0, 0.1) is 16.7 Å². The van der Waals surface area contributed by atoms with Crippen molar-refractivity contribution in [3.8, 4) is 0 Å². The van der Waals surface area contributed by atoms with Gasteiger partial charge in [0.2, 0.25) is 10.0 Å². The van der Waals surface area contributed by atoms with Crippen molar-refractivity contribution >= 4 is 22.1 Å². The van der Waals surface area contributed by atoms with Crippen LogP contribution in [0.15, 0.2) is 35.5 Å². The van der Waals surface area contributed by atoms with Gasteiger partial charge in [-0.2, -0.15) is 0 Å². The Morgan fingerprint density at radius 3 is 2.77 bits per heavy atom. The number of sulfonamides is 1. The molecule has 140 valence electrons. The van der Waals surface area contributed by atoms with Crippen molar-refractivity contribution in [1.82, 2.24) is 4.31 Å². The molecule has 6 nitrogen and oxygen atoms in total. The lowest BCUT2D eigenvalue weighted by Crippen LogP contribution is -2.44. The molecule has 1 saturated heterocycles. The van der Waals surface area contributed by atoms with Gasteiger partial charge < -0.3 is 4.84 Å². The smallest absolute Gasteiger partial charge is 0.282 e. The molecule has 1 amide bonds. The van der Waals surface area contributed by atoms with Gasteiger partial charge in [0.15, 0.2) is 0 Å². The lowest BCUT2D eigenvalue weighted by molar-refractivity contribution is -0.121. The number of benzene rings is 1. The van der Waals surface area contributed by atoms with E-state index >= 15 is 0 Å². The van der Waals surface area contributed by atoms with E-state index < -0.39 is 15.9 Å². The molecule has 2 bridgehead atoms. The molecule has 0 N–H and O–H groups in total. The van der Waals surface area contributed by atoms with Crippen LogP contribution in [0.1, 0.15) is 38.7 Å². The van der Waals surface area contributed by atoms with Crippen LogP contribution in [0.4, 0.5) is 0 Å². The Hall–Kier alpha value is -1.89. The summed E-state index contributed by atoms with van der Waals surface area (Å²) < 4.78 is 26.6. The van der Waals surface area contributed by atoms with Crippen LogP contribution in [0.3, 0.4) is 0 Å². The summed E-state index contributed by atoms with van der Waals surface area (Å²) in [7, 11) is -3.61. The zero-order valence-electron chi connectivity index (χ0n) is 15.1. The number of amides is 1. The fourth-order valence-electron chi connectivity index (χ4n) is 5.40. The molecular formula is C19H24N2O4S. The van der Waals surface area contributed by atoms with E-state index in [0.29, 0.717) is 5.92 Å². The van der Waals surface area contributed by atoms with Crippen LogP contribution in [0.5, 0.6) is 0 Å². The summed E-state index contributed by atoms with van der Waals surface area (Å²) in [6.45, 7) is 4.55. The normalized spacial score (nSPS) is 33.5. The van der Waals surface area contributed by atoms with Gasteiger partial charge in [-0.05, 0) is 36.2 Å². The van der Waals surface area contributed by atoms with Crippen LogP contribution in [-0.4, -0.2) is 36.6 Å². The summed E-state index contributed by atoms with van der Waals surface area (Å²) in [5, 5.41) is 3.71. The zero-order chi connectivity index (χ0) is 18.6. The van der Waals surface area contributed by atoms with Crippen LogP contribution >= 0.6 is 0 Å². The number of hydrogen-bond donors (Lipinski definition) is 0. The third kappa shape index (κ3) is 2.40. The van der Waals surface area contributed by atoms with Gasteiger partial charge in [0.25, 0.3) is 5.91 Å². The van der Waals surface area contributed by atoms with Crippen molar-refractivity contribution in [2.75, 3.05) is 5.75 Å². The van der Waals surface area contributed by atoms with Crippen LogP contribution in [0.2, 0.25) is 0 Å². The number of oxime groups is 1. The molecule has 2 aliphatic carbocycles. The molecule has 1 aromatic rings. The van der Waals surface area contributed by atoms with E-state index in [-0.39, 0.29) is 29.2 Å². The number of nitrogens with zero attached hydrogens (tertiary/aromatic N) is 2. The molecule has 26 heavy (non-hydrogen) atoms. The van der Waals surface area contributed by atoms with Crippen molar-refractivity contribution in [3.63, 3.8) is 0 Å². The van der Waals surface area contributed by atoms with Crippen molar-refractivity contribution in [2.45, 2.75) is 45.8 Å². The Morgan fingerprint density at radius 2 is 2.08 bits per heavy atom. The lowest BCUT2D eigenvalue weighted by atomic mass is 9.69. The molecule has 0 aromatic heterocycles. The zero-order valence-corrected chi connectivity index (χ0v) is 15.9. The van der Waals surface area contributed by atoms with E-state index in [1.165, 1.54) is 0 Å². The molecular weight excluding hydrogens is 352 g/mol. The Labute approximate surface area is 154 Å².